The Balaban J connectivity index is 1.69. The maximum Gasteiger partial charge on any atom is 0.243 e. The van der Waals surface area contributed by atoms with Crippen LogP contribution in [0.2, 0.25) is 5.02 Å². The second kappa shape index (κ2) is 11.2. The molecule has 4 N–H and O–H groups in total. The van der Waals surface area contributed by atoms with Crippen molar-refractivity contribution >= 4 is 29.3 Å². The van der Waals surface area contributed by atoms with Crippen molar-refractivity contribution in [3.05, 3.63) is 41.4 Å². The lowest BCUT2D eigenvalue weighted by molar-refractivity contribution is -0.140. The number of nitrogens with one attached hydrogen (secondary N) is 2. The van der Waals surface area contributed by atoms with Crippen LogP contribution in [0, 0.1) is 5.92 Å². The van der Waals surface area contributed by atoms with Crippen molar-refractivity contribution in [3.8, 4) is 5.69 Å². The number of hydrogen-bond acceptors (Lipinski definition) is 6. The van der Waals surface area contributed by atoms with Gasteiger partial charge in [0.05, 0.1) is 18.3 Å². The highest BCUT2D eigenvalue weighted by Gasteiger charge is 2.37. The van der Waals surface area contributed by atoms with Crippen molar-refractivity contribution in [2.24, 2.45) is 11.7 Å². The largest absolute Gasteiger partial charge is 0.369 e. The molecule has 0 aliphatic carbocycles. The van der Waals surface area contributed by atoms with Gasteiger partial charge in [0.15, 0.2) is 0 Å². The van der Waals surface area contributed by atoms with E-state index < -0.39 is 18.0 Å². The summed E-state index contributed by atoms with van der Waals surface area (Å²) in [7, 11) is 0. The van der Waals surface area contributed by atoms with E-state index in [1.54, 1.807) is 28.0 Å². The van der Waals surface area contributed by atoms with E-state index in [0.717, 1.165) is 17.7 Å². The maximum atomic E-state index is 13.2. The van der Waals surface area contributed by atoms with E-state index in [9.17, 15) is 14.4 Å². The Labute approximate surface area is 197 Å². The number of amides is 3. The zero-order valence-electron chi connectivity index (χ0n) is 18.8. The summed E-state index contributed by atoms with van der Waals surface area (Å²) >= 11 is 6.16. The normalized spacial score (nSPS) is 16.7. The molecule has 10 nitrogen and oxygen atoms in total. The molecule has 33 heavy (non-hydrogen) atoms. The molecule has 1 aromatic carbocycles. The van der Waals surface area contributed by atoms with E-state index in [1.807, 2.05) is 19.9 Å². The number of primary amides is 1. The van der Waals surface area contributed by atoms with Crippen LogP contribution in [0.25, 0.3) is 5.69 Å². The fourth-order valence-corrected chi connectivity index (χ4v) is 4.22. The van der Waals surface area contributed by atoms with Gasteiger partial charge in [-0.25, -0.2) is 9.67 Å². The Bertz CT molecular complexity index is 980. The first-order chi connectivity index (χ1) is 15.8. The summed E-state index contributed by atoms with van der Waals surface area (Å²) in [6, 6.07) is 4.18. The Morgan fingerprint density at radius 1 is 1.30 bits per heavy atom. The van der Waals surface area contributed by atoms with Crippen LogP contribution in [0.5, 0.6) is 0 Å². The van der Waals surface area contributed by atoms with E-state index in [0.29, 0.717) is 24.4 Å². The van der Waals surface area contributed by atoms with Crippen molar-refractivity contribution in [2.45, 2.75) is 51.7 Å². The van der Waals surface area contributed by atoms with Gasteiger partial charge < -0.3 is 16.0 Å². The Morgan fingerprint density at radius 2 is 2.09 bits per heavy atom. The van der Waals surface area contributed by atoms with E-state index in [-0.39, 0.29) is 30.8 Å². The zero-order valence-corrected chi connectivity index (χ0v) is 19.6. The molecule has 1 aliphatic heterocycles. The summed E-state index contributed by atoms with van der Waals surface area (Å²) in [6.07, 6.45) is 4.85. The summed E-state index contributed by atoms with van der Waals surface area (Å²) in [5, 5.41) is 10.6. The van der Waals surface area contributed by atoms with Gasteiger partial charge in [0.2, 0.25) is 17.7 Å². The van der Waals surface area contributed by atoms with Crippen LogP contribution in [0.3, 0.4) is 0 Å². The number of nitrogens with two attached hydrogens (primary N) is 1. The topological polar surface area (TPSA) is 135 Å². The van der Waals surface area contributed by atoms with E-state index in [4.69, 9.17) is 17.3 Å². The number of nitrogens with zero attached hydrogens (tertiary/aromatic N) is 4. The molecule has 2 aromatic rings. The molecule has 1 aliphatic rings. The smallest absolute Gasteiger partial charge is 0.243 e. The number of carbonyl (C=O) groups is 3. The molecule has 178 valence electrons. The Hall–Kier alpha value is -2.98. The maximum absolute atomic E-state index is 13.2. The van der Waals surface area contributed by atoms with Crippen molar-refractivity contribution in [1.82, 2.24) is 30.3 Å². The lowest BCUT2D eigenvalue weighted by Crippen LogP contribution is -2.53. The molecule has 0 radical (unpaired) electrons. The predicted octanol–water partition coefficient (Wildman–Crippen LogP) is 1.02. The van der Waals surface area contributed by atoms with Crippen LogP contribution in [0.1, 0.15) is 38.7 Å². The minimum absolute atomic E-state index is 0.0896. The average Bonchev–Trinajstić information content (AvgIpc) is 3.46. The SMILES string of the molecule is CC(C)C[C@H](NCC(N)=O)C(=O)N1CCC[C@H]1C(=O)NCc1cc(Cl)ccc1-n1cncn1. The number of benzene rings is 1. The molecule has 2 heterocycles. The lowest BCUT2D eigenvalue weighted by Gasteiger charge is -2.29. The van der Waals surface area contributed by atoms with Gasteiger partial charge >= 0.3 is 0 Å². The first-order valence-electron chi connectivity index (χ1n) is 11.0. The quantitative estimate of drug-likeness (QED) is 0.469. The highest BCUT2D eigenvalue weighted by atomic mass is 35.5. The van der Waals surface area contributed by atoms with Crippen LogP contribution in [-0.4, -0.2) is 62.6 Å². The molecule has 0 bridgehead atoms. The molecular weight excluding hydrogens is 446 g/mol. The van der Waals surface area contributed by atoms with Crippen LogP contribution in [0.4, 0.5) is 0 Å². The van der Waals surface area contributed by atoms with Gasteiger partial charge in [-0.15, -0.1) is 0 Å². The van der Waals surface area contributed by atoms with Gasteiger partial charge in [-0.05, 0) is 48.9 Å². The summed E-state index contributed by atoms with van der Waals surface area (Å²) in [4.78, 5) is 43.1. The molecular formula is C22H30ClN7O3. The molecule has 3 amide bonds. The number of hydrogen-bond donors (Lipinski definition) is 3. The number of aromatic nitrogens is 3. The third kappa shape index (κ3) is 6.52. The highest BCUT2D eigenvalue weighted by Crippen LogP contribution is 2.22. The molecule has 1 fully saturated rings. The van der Waals surface area contributed by atoms with Gasteiger partial charge in [-0.1, -0.05) is 25.4 Å². The molecule has 0 unspecified atom stereocenters. The van der Waals surface area contributed by atoms with Crippen LogP contribution >= 0.6 is 11.6 Å². The first kappa shape index (κ1) is 24.7. The Kier molecular flexibility index (Phi) is 8.40. The lowest BCUT2D eigenvalue weighted by atomic mass is 10.0. The molecule has 11 heteroatoms. The molecule has 0 spiro atoms. The van der Waals surface area contributed by atoms with Crippen LogP contribution in [-0.2, 0) is 20.9 Å². The predicted molar refractivity (Wildman–Crippen MR) is 123 cm³/mol. The third-order valence-electron chi connectivity index (χ3n) is 5.53. The minimum Gasteiger partial charge on any atom is -0.369 e. The summed E-state index contributed by atoms with van der Waals surface area (Å²) < 4.78 is 1.60. The van der Waals surface area contributed by atoms with Gasteiger partial charge in [0.25, 0.3) is 0 Å². The minimum atomic E-state index is -0.573. The monoisotopic (exact) mass is 475 g/mol. The standard InChI is InChI=1S/C22H30ClN7O3/c1-14(2)8-17(26-11-20(24)31)22(33)29-7-3-4-19(29)21(32)27-10-15-9-16(23)5-6-18(15)30-13-25-12-28-30/h5-6,9,12-14,17,19,26H,3-4,7-8,10-11H2,1-2H3,(H2,24,31)(H,27,32)/t17-,19-/m0/s1. The zero-order chi connectivity index (χ0) is 24.0. The average molecular weight is 476 g/mol. The van der Waals surface area contributed by atoms with E-state index >= 15 is 0 Å². The number of carbonyl (C=O) groups excluding carboxylic acids is 3. The van der Waals surface area contributed by atoms with Crippen molar-refractivity contribution in [1.29, 1.82) is 0 Å². The van der Waals surface area contributed by atoms with Crippen LogP contribution in [0.15, 0.2) is 30.9 Å². The molecule has 1 saturated heterocycles. The second-order valence-electron chi connectivity index (χ2n) is 8.55. The summed E-state index contributed by atoms with van der Waals surface area (Å²) in [5.74, 6) is -0.721. The summed E-state index contributed by atoms with van der Waals surface area (Å²) in [5.41, 5.74) is 6.77. The third-order valence-corrected chi connectivity index (χ3v) is 5.76. The highest BCUT2D eigenvalue weighted by molar-refractivity contribution is 6.30. The number of halogens is 1. The van der Waals surface area contributed by atoms with E-state index in [2.05, 4.69) is 20.7 Å². The second-order valence-corrected chi connectivity index (χ2v) is 8.99. The molecule has 0 saturated carbocycles. The first-order valence-corrected chi connectivity index (χ1v) is 11.4. The van der Waals surface area contributed by atoms with Gasteiger partial charge in [-0.2, -0.15) is 5.10 Å². The molecule has 1 aromatic heterocycles. The number of likely N-dealkylation sites (tertiary alicyclic amines) is 1. The Morgan fingerprint density at radius 3 is 2.76 bits per heavy atom. The van der Waals surface area contributed by atoms with Crippen LogP contribution < -0.4 is 16.4 Å². The van der Waals surface area contributed by atoms with Gasteiger partial charge in [0, 0.05) is 18.1 Å². The number of rotatable bonds is 10. The molecule has 3 rings (SSSR count). The van der Waals surface area contributed by atoms with Gasteiger partial charge in [-0.3, -0.25) is 19.7 Å². The summed E-state index contributed by atoms with van der Waals surface area (Å²) in [6.45, 7) is 4.62. The fraction of sp³-hybridized carbons (Fsp3) is 0.500. The molecule has 2 atom stereocenters. The fourth-order valence-electron chi connectivity index (χ4n) is 4.02. The van der Waals surface area contributed by atoms with Gasteiger partial charge in [0.1, 0.15) is 18.7 Å². The van der Waals surface area contributed by atoms with Crippen molar-refractivity contribution in [3.63, 3.8) is 0 Å². The van der Waals surface area contributed by atoms with Crippen molar-refractivity contribution in [2.75, 3.05) is 13.1 Å². The van der Waals surface area contributed by atoms with E-state index in [1.165, 1.54) is 6.33 Å². The van der Waals surface area contributed by atoms with Crippen molar-refractivity contribution < 1.29 is 14.4 Å².